The van der Waals surface area contributed by atoms with E-state index in [9.17, 15) is 0 Å². The highest BCUT2D eigenvalue weighted by molar-refractivity contribution is 6.71. The van der Waals surface area contributed by atoms with Crippen LogP contribution < -0.4 is 5.73 Å². The maximum absolute atomic E-state index is 5.86. The van der Waals surface area contributed by atoms with Gasteiger partial charge in [0.25, 0.3) is 0 Å². The summed E-state index contributed by atoms with van der Waals surface area (Å²) < 4.78 is 5.86. The zero-order valence-electron chi connectivity index (χ0n) is 14.4. The quantitative estimate of drug-likeness (QED) is 0.321. The fourth-order valence-corrected chi connectivity index (χ4v) is 4.78. The summed E-state index contributed by atoms with van der Waals surface area (Å²) in [5.74, 6) is 0. The lowest BCUT2D eigenvalue weighted by Gasteiger charge is -2.21. The molecule has 0 aromatic rings. The average molecular weight is 302 g/mol. The molecule has 0 radical (unpaired) electrons. The Morgan fingerprint density at radius 2 is 1.10 bits per heavy atom. The molecule has 0 aromatic carbocycles. The van der Waals surface area contributed by atoms with Gasteiger partial charge >= 0.3 is 0 Å². The molecule has 3 heteroatoms. The Morgan fingerprint density at radius 3 is 1.50 bits per heavy atom. The van der Waals surface area contributed by atoms with Crippen LogP contribution in [0.2, 0.25) is 19.1 Å². The van der Waals surface area contributed by atoms with Gasteiger partial charge in [0.15, 0.2) is 8.32 Å². The lowest BCUT2D eigenvalue weighted by Crippen LogP contribution is -2.29. The van der Waals surface area contributed by atoms with Gasteiger partial charge < -0.3 is 10.2 Å². The monoisotopic (exact) mass is 301 g/mol. The first kappa shape index (κ1) is 20.1. The number of unbranched alkanes of at least 4 members (excludes halogenated alkanes) is 10. The van der Waals surface area contributed by atoms with Crippen LogP contribution in [0.3, 0.4) is 0 Å². The maximum Gasteiger partial charge on any atom is 0.186 e. The first-order chi connectivity index (χ1) is 9.62. The third-order valence-corrected chi connectivity index (χ3v) is 6.65. The van der Waals surface area contributed by atoms with E-state index in [0.717, 1.165) is 13.2 Å². The molecule has 122 valence electrons. The molecule has 0 spiro atoms. The molecule has 0 bridgehead atoms. The van der Waals surface area contributed by atoms with E-state index >= 15 is 0 Å². The molecule has 0 aliphatic rings. The minimum Gasteiger partial charge on any atom is -0.418 e. The lowest BCUT2D eigenvalue weighted by molar-refractivity contribution is 0.327. The molecule has 0 heterocycles. The van der Waals surface area contributed by atoms with E-state index < -0.39 is 8.32 Å². The maximum atomic E-state index is 5.86. The van der Waals surface area contributed by atoms with E-state index in [1.54, 1.807) is 0 Å². The van der Waals surface area contributed by atoms with Crippen LogP contribution in [0.15, 0.2) is 0 Å². The van der Waals surface area contributed by atoms with E-state index in [1.807, 2.05) is 0 Å². The van der Waals surface area contributed by atoms with Crippen LogP contribution >= 0.6 is 0 Å². The zero-order chi connectivity index (χ0) is 15.1. The molecule has 20 heavy (non-hydrogen) atoms. The summed E-state index contributed by atoms with van der Waals surface area (Å²) in [7, 11) is -1.31. The first-order valence-corrected chi connectivity index (χ1v) is 12.1. The summed E-state index contributed by atoms with van der Waals surface area (Å²) in [5, 5.41) is 0. The molecule has 0 fully saturated rings. The molecule has 0 atom stereocenters. The smallest absolute Gasteiger partial charge is 0.186 e. The second-order valence-corrected chi connectivity index (χ2v) is 10.9. The van der Waals surface area contributed by atoms with Crippen LogP contribution in [-0.4, -0.2) is 21.5 Å². The number of rotatable bonds is 15. The topological polar surface area (TPSA) is 35.2 Å². The van der Waals surface area contributed by atoms with Crippen LogP contribution in [0.4, 0.5) is 0 Å². The molecule has 0 saturated carbocycles. The molecule has 0 amide bonds. The highest BCUT2D eigenvalue weighted by Gasteiger charge is 2.20. The average Bonchev–Trinajstić information content (AvgIpc) is 2.40. The van der Waals surface area contributed by atoms with Crippen LogP contribution in [0.25, 0.3) is 0 Å². The van der Waals surface area contributed by atoms with Crippen molar-refractivity contribution in [2.24, 2.45) is 5.73 Å². The van der Waals surface area contributed by atoms with Gasteiger partial charge in [-0.15, -0.1) is 0 Å². The highest BCUT2D eigenvalue weighted by Crippen LogP contribution is 2.17. The van der Waals surface area contributed by atoms with Gasteiger partial charge in [0.2, 0.25) is 0 Å². The second kappa shape index (κ2) is 14.1. The SMILES string of the molecule is CCO[Si](C)(C)CCCCCCCCCCCCCN. The van der Waals surface area contributed by atoms with Gasteiger partial charge in [-0.25, -0.2) is 0 Å². The van der Waals surface area contributed by atoms with Crippen LogP contribution in [0, 0.1) is 0 Å². The standard InChI is InChI=1S/C17H39NOSi/c1-4-19-20(2,3)17-15-13-11-9-7-5-6-8-10-12-14-16-18/h4-18H2,1-3H3. The van der Waals surface area contributed by atoms with E-state index in [4.69, 9.17) is 10.2 Å². The van der Waals surface area contributed by atoms with E-state index in [-0.39, 0.29) is 0 Å². The predicted molar refractivity (Wildman–Crippen MR) is 93.8 cm³/mol. The van der Waals surface area contributed by atoms with Crippen molar-refractivity contribution in [2.75, 3.05) is 13.2 Å². The Hall–Kier alpha value is 0.137. The zero-order valence-corrected chi connectivity index (χ0v) is 15.4. The van der Waals surface area contributed by atoms with Gasteiger partial charge in [0, 0.05) is 6.61 Å². The van der Waals surface area contributed by atoms with Crippen LogP contribution in [0.5, 0.6) is 0 Å². The van der Waals surface area contributed by atoms with Gasteiger partial charge in [0.05, 0.1) is 0 Å². The molecule has 0 saturated heterocycles. The normalized spacial score (nSPS) is 12.0. The summed E-state index contributed by atoms with van der Waals surface area (Å²) in [6.07, 6.45) is 15.3. The van der Waals surface area contributed by atoms with Gasteiger partial charge in [0.1, 0.15) is 0 Å². The van der Waals surface area contributed by atoms with Gasteiger partial charge in [-0.3, -0.25) is 0 Å². The Balaban J connectivity index is 3.13. The predicted octanol–water partition coefficient (Wildman–Crippen LogP) is 5.48. The molecule has 2 nitrogen and oxygen atoms in total. The van der Waals surface area contributed by atoms with Crippen molar-refractivity contribution in [3.8, 4) is 0 Å². The van der Waals surface area contributed by atoms with Crippen molar-refractivity contribution in [1.82, 2.24) is 0 Å². The molecular weight excluding hydrogens is 262 g/mol. The first-order valence-electron chi connectivity index (χ1n) is 8.96. The molecule has 0 aromatic heterocycles. The molecule has 0 rings (SSSR count). The minimum atomic E-state index is -1.31. The number of hydrogen-bond donors (Lipinski definition) is 1. The Labute approximate surface area is 129 Å². The van der Waals surface area contributed by atoms with Crippen molar-refractivity contribution in [3.05, 3.63) is 0 Å². The highest BCUT2D eigenvalue weighted by atomic mass is 28.4. The Kier molecular flexibility index (Phi) is 14.2. The van der Waals surface area contributed by atoms with E-state index in [1.165, 1.54) is 76.7 Å². The molecule has 0 unspecified atom stereocenters. The largest absolute Gasteiger partial charge is 0.418 e. The van der Waals surface area contributed by atoms with Crippen molar-refractivity contribution in [1.29, 1.82) is 0 Å². The summed E-state index contributed by atoms with van der Waals surface area (Å²) in [6, 6.07) is 1.34. The molecule has 0 aliphatic heterocycles. The second-order valence-electron chi connectivity index (χ2n) is 6.62. The molecule has 0 aliphatic carbocycles. The summed E-state index contributed by atoms with van der Waals surface area (Å²) >= 11 is 0. The van der Waals surface area contributed by atoms with Crippen LogP contribution in [0.1, 0.15) is 77.6 Å². The summed E-state index contributed by atoms with van der Waals surface area (Å²) in [4.78, 5) is 0. The molecular formula is C17H39NOSi. The van der Waals surface area contributed by atoms with Gasteiger partial charge in [-0.2, -0.15) is 0 Å². The van der Waals surface area contributed by atoms with Crippen molar-refractivity contribution >= 4 is 8.32 Å². The van der Waals surface area contributed by atoms with Crippen molar-refractivity contribution in [2.45, 2.75) is 96.7 Å². The fraction of sp³-hybridized carbons (Fsp3) is 1.00. The third kappa shape index (κ3) is 14.5. The molecule has 2 N–H and O–H groups in total. The van der Waals surface area contributed by atoms with Crippen molar-refractivity contribution < 1.29 is 4.43 Å². The number of nitrogens with two attached hydrogens (primary N) is 1. The van der Waals surface area contributed by atoms with Crippen molar-refractivity contribution in [3.63, 3.8) is 0 Å². The van der Waals surface area contributed by atoms with Gasteiger partial charge in [-0.05, 0) is 39.0 Å². The van der Waals surface area contributed by atoms with Gasteiger partial charge in [-0.1, -0.05) is 64.2 Å². The van der Waals surface area contributed by atoms with E-state index in [2.05, 4.69) is 20.0 Å². The minimum absolute atomic E-state index is 0.864. The van der Waals surface area contributed by atoms with Crippen LogP contribution in [-0.2, 0) is 4.43 Å². The summed E-state index contributed by atoms with van der Waals surface area (Å²) in [6.45, 7) is 8.57. The third-order valence-electron chi connectivity index (χ3n) is 4.02. The Morgan fingerprint density at radius 1 is 0.700 bits per heavy atom. The summed E-state index contributed by atoms with van der Waals surface area (Å²) in [5.41, 5.74) is 5.49. The lowest BCUT2D eigenvalue weighted by atomic mass is 10.1. The Bertz CT molecular complexity index is 197. The number of hydrogen-bond acceptors (Lipinski definition) is 2. The van der Waals surface area contributed by atoms with E-state index in [0.29, 0.717) is 0 Å². The fourth-order valence-electron chi connectivity index (χ4n) is 2.75.